The highest BCUT2D eigenvalue weighted by atomic mass is 16.4. The Balaban J connectivity index is 2.02. The van der Waals surface area contributed by atoms with E-state index >= 15 is 0 Å². The second-order valence-electron chi connectivity index (χ2n) is 5.57. The highest BCUT2D eigenvalue weighted by Gasteiger charge is 2.38. The SMILES string of the molecule is Cc1ccc(N2CCC(C(=O)N(C)CCC(=O)O)C2=O)cc1. The van der Waals surface area contributed by atoms with Crippen molar-refractivity contribution in [2.75, 3.05) is 25.0 Å². The molecule has 1 unspecified atom stereocenters. The fourth-order valence-corrected chi connectivity index (χ4v) is 2.53. The molecule has 0 aliphatic carbocycles. The van der Waals surface area contributed by atoms with Gasteiger partial charge in [0.05, 0.1) is 6.42 Å². The van der Waals surface area contributed by atoms with E-state index in [4.69, 9.17) is 5.11 Å². The third-order valence-corrected chi connectivity index (χ3v) is 3.89. The molecule has 118 valence electrons. The van der Waals surface area contributed by atoms with Crippen LogP contribution in [0.2, 0.25) is 0 Å². The Kier molecular flexibility index (Phi) is 4.80. The Labute approximate surface area is 129 Å². The maximum atomic E-state index is 12.4. The van der Waals surface area contributed by atoms with Gasteiger partial charge in [-0.1, -0.05) is 17.7 Å². The van der Waals surface area contributed by atoms with E-state index in [0.717, 1.165) is 11.3 Å². The van der Waals surface area contributed by atoms with Crippen molar-refractivity contribution in [3.8, 4) is 0 Å². The van der Waals surface area contributed by atoms with Gasteiger partial charge in [-0.3, -0.25) is 14.4 Å². The zero-order valence-corrected chi connectivity index (χ0v) is 12.8. The normalized spacial score (nSPS) is 17.6. The summed E-state index contributed by atoms with van der Waals surface area (Å²) < 4.78 is 0. The molecule has 1 aliphatic rings. The highest BCUT2D eigenvalue weighted by Crippen LogP contribution is 2.26. The summed E-state index contributed by atoms with van der Waals surface area (Å²) in [5.41, 5.74) is 1.90. The molecular weight excluding hydrogens is 284 g/mol. The summed E-state index contributed by atoms with van der Waals surface area (Å²) in [7, 11) is 1.53. The fraction of sp³-hybridized carbons (Fsp3) is 0.438. The van der Waals surface area contributed by atoms with E-state index in [0.29, 0.717) is 13.0 Å². The standard InChI is InChI=1S/C16H20N2O4/c1-11-3-5-12(6-4-11)18-10-7-13(16(18)22)15(21)17(2)9-8-14(19)20/h3-6,13H,7-10H2,1-2H3,(H,19,20). The van der Waals surface area contributed by atoms with Gasteiger partial charge >= 0.3 is 5.97 Å². The van der Waals surface area contributed by atoms with Crippen molar-refractivity contribution in [3.05, 3.63) is 29.8 Å². The lowest BCUT2D eigenvalue weighted by Crippen LogP contribution is -2.38. The van der Waals surface area contributed by atoms with Crippen LogP contribution in [0.1, 0.15) is 18.4 Å². The molecule has 1 heterocycles. The number of rotatable bonds is 5. The molecule has 2 rings (SSSR count). The van der Waals surface area contributed by atoms with E-state index in [-0.39, 0.29) is 24.8 Å². The first kappa shape index (κ1) is 16.0. The molecule has 1 aliphatic heterocycles. The van der Waals surface area contributed by atoms with Crippen molar-refractivity contribution in [1.29, 1.82) is 0 Å². The number of carbonyl (C=O) groups is 3. The lowest BCUT2D eigenvalue weighted by Gasteiger charge is -2.20. The van der Waals surface area contributed by atoms with Crippen molar-refractivity contribution in [3.63, 3.8) is 0 Å². The van der Waals surface area contributed by atoms with Crippen LogP contribution in [0, 0.1) is 12.8 Å². The van der Waals surface area contributed by atoms with E-state index in [1.165, 1.54) is 11.9 Å². The second-order valence-corrected chi connectivity index (χ2v) is 5.57. The molecule has 0 spiro atoms. The van der Waals surface area contributed by atoms with E-state index < -0.39 is 11.9 Å². The van der Waals surface area contributed by atoms with Crippen LogP contribution in [0.4, 0.5) is 5.69 Å². The summed E-state index contributed by atoms with van der Waals surface area (Å²) in [5.74, 6) is -2.18. The first-order valence-electron chi connectivity index (χ1n) is 7.25. The molecule has 0 bridgehead atoms. The molecule has 22 heavy (non-hydrogen) atoms. The summed E-state index contributed by atoms with van der Waals surface area (Å²) >= 11 is 0. The number of carbonyl (C=O) groups excluding carboxylic acids is 2. The third kappa shape index (κ3) is 3.44. The molecule has 0 saturated carbocycles. The molecule has 0 aromatic heterocycles. The zero-order chi connectivity index (χ0) is 16.3. The predicted molar refractivity (Wildman–Crippen MR) is 81.5 cm³/mol. The lowest BCUT2D eigenvalue weighted by molar-refractivity contribution is -0.140. The number of aryl methyl sites for hydroxylation is 1. The molecule has 6 nitrogen and oxygen atoms in total. The van der Waals surface area contributed by atoms with Gasteiger partial charge in [0.2, 0.25) is 11.8 Å². The van der Waals surface area contributed by atoms with Gasteiger partial charge < -0.3 is 14.9 Å². The van der Waals surface area contributed by atoms with Gasteiger partial charge in [-0.15, -0.1) is 0 Å². The van der Waals surface area contributed by atoms with Gasteiger partial charge in [-0.25, -0.2) is 0 Å². The van der Waals surface area contributed by atoms with E-state index in [9.17, 15) is 14.4 Å². The van der Waals surface area contributed by atoms with Crippen LogP contribution < -0.4 is 4.90 Å². The number of hydrogen-bond acceptors (Lipinski definition) is 3. The molecule has 1 aromatic carbocycles. The first-order chi connectivity index (χ1) is 10.4. The van der Waals surface area contributed by atoms with Crippen molar-refractivity contribution in [2.24, 2.45) is 5.92 Å². The lowest BCUT2D eigenvalue weighted by atomic mass is 10.1. The Bertz CT molecular complexity index is 582. The topological polar surface area (TPSA) is 77.9 Å². The van der Waals surface area contributed by atoms with E-state index in [2.05, 4.69) is 0 Å². The number of benzene rings is 1. The first-order valence-corrected chi connectivity index (χ1v) is 7.25. The summed E-state index contributed by atoms with van der Waals surface area (Å²) in [5, 5.41) is 8.66. The Hall–Kier alpha value is -2.37. The number of amides is 2. The molecule has 2 amide bonds. The van der Waals surface area contributed by atoms with E-state index in [1.807, 2.05) is 31.2 Å². The van der Waals surface area contributed by atoms with Crippen LogP contribution in [0.5, 0.6) is 0 Å². The molecular formula is C16H20N2O4. The summed E-state index contributed by atoms with van der Waals surface area (Å²) in [6.45, 7) is 2.59. The highest BCUT2D eigenvalue weighted by molar-refractivity contribution is 6.09. The van der Waals surface area contributed by atoms with Gasteiger partial charge in [-0.05, 0) is 25.5 Å². The molecule has 0 radical (unpaired) electrons. The number of carboxylic acid groups (broad SMARTS) is 1. The molecule has 6 heteroatoms. The largest absolute Gasteiger partial charge is 0.481 e. The molecule has 1 atom stereocenters. The maximum Gasteiger partial charge on any atom is 0.305 e. The molecule has 1 N–H and O–H groups in total. The fourth-order valence-electron chi connectivity index (χ4n) is 2.53. The van der Waals surface area contributed by atoms with Crippen molar-refractivity contribution >= 4 is 23.5 Å². The molecule has 1 aromatic rings. The molecule has 1 fully saturated rings. The van der Waals surface area contributed by atoms with Gasteiger partial charge in [-0.2, -0.15) is 0 Å². The molecule has 1 saturated heterocycles. The van der Waals surface area contributed by atoms with Crippen LogP contribution >= 0.6 is 0 Å². The predicted octanol–water partition coefficient (Wildman–Crippen LogP) is 1.28. The average Bonchev–Trinajstić information content (AvgIpc) is 2.86. The minimum Gasteiger partial charge on any atom is -0.481 e. The summed E-state index contributed by atoms with van der Waals surface area (Å²) in [6, 6.07) is 7.59. The van der Waals surface area contributed by atoms with Crippen molar-refractivity contribution < 1.29 is 19.5 Å². The van der Waals surface area contributed by atoms with Gasteiger partial charge in [0.25, 0.3) is 0 Å². The maximum absolute atomic E-state index is 12.4. The van der Waals surface area contributed by atoms with Gasteiger partial charge in [0.15, 0.2) is 0 Å². The zero-order valence-electron chi connectivity index (χ0n) is 12.8. The number of hydrogen-bond donors (Lipinski definition) is 1. The Morgan fingerprint density at radius 1 is 1.32 bits per heavy atom. The number of nitrogens with zero attached hydrogens (tertiary/aromatic N) is 2. The number of carboxylic acids is 1. The average molecular weight is 304 g/mol. The van der Waals surface area contributed by atoms with Crippen LogP contribution in [0.25, 0.3) is 0 Å². The van der Waals surface area contributed by atoms with Gasteiger partial charge in [0.1, 0.15) is 5.92 Å². The van der Waals surface area contributed by atoms with Crippen LogP contribution in [-0.2, 0) is 14.4 Å². The third-order valence-electron chi connectivity index (χ3n) is 3.89. The van der Waals surface area contributed by atoms with Crippen LogP contribution in [-0.4, -0.2) is 47.9 Å². The van der Waals surface area contributed by atoms with Gasteiger partial charge in [0, 0.05) is 25.8 Å². The van der Waals surface area contributed by atoms with Crippen LogP contribution in [0.15, 0.2) is 24.3 Å². The number of aliphatic carboxylic acids is 1. The van der Waals surface area contributed by atoms with Crippen molar-refractivity contribution in [1.82, 2.24) is 4.90 Å². The quantitative estimate of drug-likeness (QED) is 0.831. The minimum absolute atomic E-state index is 0.114. The summed E-state index contributed by atoms with van der Waals surface area (Å²) in [6.07, 6.45) is 0.341. The smallest absolute Gasteiger partial charge is 0.305 e. The second kappa shape index (κ2) is 6.60. The Morgan fingerprint density at radius 2 is 1.95 bits per heavy atom. The Morgan fingerprint density at radius 3 is 2.55 bits per heavy atom. The minimum atomic E-state index is -0.960. The monoisotopic (exact) mass is 304 g/mol. The summed E-state index contributed by atoms with van der Waals surface area (Å²) in [4.78, 5) is 38.2. The number of anilines is 1. The van der Waals surface area contributed by atoms with Crippen molar-refractivity contribution in [2.45, 2.75) is 19.8 Å². The van der Waals surface area contributed by atoms with E-state index in [1.54, 1.807) is 4.90 Å². The van der Waals surface area contributed by atoms with Crippen LogP contribution in [0.3, 0.4) is 0 Å².